The van der Waals surface area contributed by atoms with Gasteiger partial charge in [0.1, 0.15) is 11.3 Å². The number of ether oxygens (including phenoxy) is 2. The molecule has 6 nitrogen and oxygen atoms in total. The van der Waals surface area contributed by atoms with Gasteiger partial charge < -0.3 is 19.2 Å². The number of alkyl halides is 3. The normalized spacial score (nSPS) is 11.3. The number of halogens is 3. The molecule has 3 rings (SSSR count). The molecule has 0 radical (unpaired) electrons. The van der Waals surface area contributed by atoms with E-state index in [1.54, 1.807) is 19.1 Å². The lowest BCUT2D eigenvalue weighted by Gasteiger charge is -2.14. The molecular weight excluding hydrogens is 379 g/mol. The molecule has 0 atom stereocenters. The molecule has 146 valence electrons. The second kappa shape index (κ2) is 7.63. The Morgan fingerprint density at radius 3 is 2.64 bits per heavy atom. The monoisotopic (exact) mass is 393 g/mol. The number of aryl methyl sites for hydroxylation is 1. The summed E-state index contributed by atoms with van der Waals surface area (Å²) in [5.41, 5.74) is 0.373. The van der Waals surface area contributed by atoms with Crippen LogP contribution in [0.15, 0.2) is 57.7 Å². The van der Waals surface area contributed by atoms with E-state index in [9.17, 15) is 22.8 Å². The van der Waals surface area contributed by atoms with Crippen molar-refractivity contribution in [1.82, 2.24) is 0 Å². The maximum absolute atomic E-state index is 12.4. The molecular formula is C19H14F3NO5. The summed E-state index contributed by atoms with van der Waals surface area (Å²) in [6, 6.07) is 11.2. The van der Waals surface area contributed by atoms with Crippen LogP contribution in [0.4, 0.5) is 18.9 Å². The number of carbonyl (C=O) groups is 1. The molecule has 3 aromatic rings. The number of amides is 1. The predicted molar refractivity (Wildman–Crippen MR) is 94.5 cm³/mol. The summed E-state index contributed by atoms with van der Waals surface area (Å²) >= 11 is 0. The number of nitrogens with one attached hydrogen (secondary N) is 1. The van der Waals surface area contributed by atoms with Crippen molar-refractivity contribution in [2.24, 2.45) is 0 Å². The first-order valence-electron chi connectivity index (χ1n) is 8.03. The van der Waals surface area contributed by atoms with E-state index in [2.05, 4.69) is 10.1 Å². The molecule has 0 unspecified atom stereocenters. The smallest absolute Gasteiger partial charge is 0.484 e. The highest BCUT2D eigenvalue weighted by molar-refractivity contribution is 5.93. The first kappa shape index (κ1) is 19.3. The molecule has 0 aliphatic carbocycles. The maximum atomic E-state index is 12.4. The Hall–Kier alpha value is -3.49. The molecule has 2 aromatic carbocycles. The van der Waals surface area contributed by atoms with Crippen LogP contribution in [0.25, 0.3) is 11.0 Å². The lowest BCUT2D eigenvalue weighted by molar-refractivity contribution is -0.274. The highest BCUT2D eigenvalue weighted by Crippen LogP contribution is 2.30. The van der Waals surface area contributed by atoms with Crippen LogP contribution in [-0.2, 0) is 4.79 Å². The predicted octanol–water partition coefficient (Wildman–Crippen LogP) is 4.02. The third kappa shape index (κ3) is 4.81. The molecule has 1 N–H and O–H groups in total. The largest absolute Gasteiger partial charge is 0.573 e. The SMILES string of the molecule is Cc1cc(=O)oc2cc(OCC(=O)Nc3ccccc3OC(F)(F)F)ccc12. The number of fused-ring (bicyclic) bond motifs is 1. The zero-order chi connectivity index (χ0) is 20.3. The van der Waals surface area contributed by atoms with Crippen LogP contribution < -0.4 is 20.4 Å². The number of hydrogen-bond donors (Lipinski definition) is 1. The van der Waals surface area contributed by atoms with Crippen molar-refractivity contribution in [2.45, 2.75) is 13.3 Å². The molecule has 1 heterocycles. The van der Waals surface area contributed by atoms with Crippen molar-refractivity contribution in [3.63, 3.8) is 0 Å². The molecule has 0 aliphatic heterocycles. The van der Waals surface area contributed by atoms with Gasteiger partial charge in [-0.25, -0.2) is 4.79 Å². The van der Waals surface area contributed by atoms with E-state index in [1.165, 1.54) is 30.3 Å². The molecule has 0 bridgehead atoms. The van der Waals surface area contributed by atoms with Gasteiger partial charge in [0, 0.05) is 17.5 Å². The van der Waals surface area contributed by atoms with Crippen LogP contribution in [-0.4, -0.2) is 18.9 Å². The van der Waals surface area contributed by atoms with Crippen LogP contribution in [0.2, 0.25) is 0 Å². The van der Waals surface area contributed by atoms with Crippen LogP contribution >= 0.6 is 0 Å². The zero-order valence-electron chi connectivity index (χ0n) is 14.5. The summed E-state index contributed by atoms with van der Waals surface area (Å²) in [4.78, 5) is 23.5. The van der Waals surface area contributed by atoms with Crippen molar-refractivity contribution in [1.29, 1.82) is 0 Å². The van der Waals surface area contributed by atoms with Crippen molar-refractivity contribution < 1.29 is 31.9 Å². The average molecular weight is 393 g/mol. The summed E-state index contributed by atoms with van der Waals surface area (Å²) in [5, 5.41) is 3.01. The Morgan fingerprint density at radius 1 is 1.14 bits per heavy atom. The molecule has 1 amide bonds. The van der Waals surface area contributed by atoms with Gasteiger partial charge in [-0.3, -0.25) is 4.79 Å². The summed E-state index contributed by atoms with van der Waals surface area (Å²) < 4.78 is 51.6. The lowest BCUT2D eigenvalue weighted by atomic mass is 10.1. The summed E-state index contributed by atoms with van der Waals surface area (Å²) in [6.07, 6.45) is -4.88. The van der Waals surface area contributed by atoms with Crippen LogP contribution in [0, 0.1) is 6.92 Å². The molecule has 28 heavy (non-hydrogen) atoms. The average Bonchev–Trinajstić information content (AvgIpc) is 2.60. The molecule has 0 spiro atoms. The number of anilines is 1. The first-order chi connectivity index (χ1) is 13.2. The van der Waals surface area contributed by atoms with Gasteiger partial charge in [0.15, 0.2) is 12.4 Å². The van der Waals surface area contributed by atoms with E-state index in [4.69, 9.17) is 9.15 Å². The van der Waals surface area contributed by atoms with E-state index in [0.717, 1.165) is 17.0 Å². The van der Waals surface area contributed by atoms with Gasteiger partial charge in [-0.2, -0.15) is 0 Å². The number of hydrogen-bond acceptors (Lipinski definition) is 5. The highest BCUT2D eigenvalue weighted by Gasteiger charge is 2.32. The Morgan fingerprint density at radius 2 is 1.89 bits per heavy atom. The topological polar surface area (TPSA) is 77.8 Å². The summed E-state index contributed by atoms with van der Waals surface area (Å²) in [5.74, 6) is -0.966. The van der Waals surface area contributed by atoms with E-state index >= 15 is 0 Å². The Balaban J connectivity index is 1.68. The Bertz CT molecular complexity index is 1080. The van der Waals surface area contributed by atoms with E-state index in [1.807, 2.05) is 0 Å². The summed E-state index contributed by atoms with van der Waals surface area (Å²) in [7, 11) is 0. The minimum Gasteiger partial charge on any atom is -0.484 e. The third-order valence-electron chi connectivity index (χ3n) is 3.68. The second-order valence-electron chi connectivity index (χ2n) is 5.79. The second-order valence-corrected chi connectivity index (χ2v) is 5.79. The molecule has 0 saturated heterocycles. The van der Waals surface area contributed by atoms with Crippen LogP contribution in [0.1, 0.15) is 5.56 Å². The van der Waals surface area contributed by atoms with Crippen molar-refractivity contribution in [3.8, 4) is 11.5 Å². The first-order valence-corrected chi connectivity index (χ1v) is 8.03. The molecule has 1 aromatic heterocycles. The van der Waals surface area contributed by atoms with E-state index in [0.29, 0.717) is 5.58 Å². The fourth-order valence-electron chi connectivity index (χ4n) is 2.51. The fourth-order valence-corrected chi connectivity index (χ4v) is 2.51. The van der Waals surface area contributed by atoms with Gasteiger partial charge in [0.25, 0.3) is 5.91 Å². The van der Waals surface area contributed by atoms with Gasteiger partial charge in [-0.05, 0) is 36.8 Å². The third-order valence-corrected chi connectivity index (χ3v) is 3.68. The van der Waals surface area contributed by atoms with Gasteiger partial charge >= 0.3 is 12.0 Å². The van der Waals surface area contributed by atoms with Gasteiger partial charge in [0.05, 0.1) is 5.69 Å². The van der Waals surface area contributed by atoms with E-state index < -0.39 is 30.3 Å². The minimum absolute atomic E-state index is 0.145. The van der Waals surface area contributed by atoms with Gasteiger partial charge in [0.2, 0.25) is 0 Å². The van der Waals surface area contributed by atoms with Crippen LogP contribution in [0.5, 0.6) is 11.5 Å². The lowest BCUT2D eigenvalue weighted by Crippen LogP contribution is -2.22. The highest BCUT2D eigenvalue weighted by atomic mass is 19.4. The van der Waals surface area contributed by atoms with E-state index in [-0.39, 0.29) is 11.4 Å². The number of rotatable bonds is 5. The zero-order valence-corrected chi connectivity index (χ0v) is 14.5. The Labute approximate surface area is 156 Å². The number of carbonyl (C=O) groups excluding carboxylic acids is 1. The maximum Gasteiger partial charge on any atom is 0.573 e. The van der Waals surface area contributed by atoms with Crippen molar-refractivity contribution >= 4 is 22.6 Å². The van der Waals surface area contributed by atoms with Crippen LogP contribution in [0.3, 0.4) is 0 Å². The Kier molecular flexibility index (Phi) is 5.25. The number of benzene rings is 2. The van der Waals surface area contributed by atoms with Crippen molar-refractivity contribution in [2.75, 3.05) is 11.9 Å². The quantitative estimate of drug-likeness (QED) is 0.663. The van der Waals surface area contributed by atoms with Gasteiger partial charge in [-0.1, -0.05) is 12.1 Å². The summed E-state index contributed by atoms with van der Waals surface area (Å²) in [6.45, 7) is 1.29. The fraction of sp³-hybridized carbons (Fsp3) is 0.158. The minimum atomic E-state index is -4.88. The molecule has 0 saturated carbocycles. The number of para-hydroxylation sites is 2. The molecule has 0 fully saturated rings. The standard InChI is InChI=1S/C19H14F3NO5/c1-11-8-18(25)27-16-9-12(6-7-13(11)16)26-10-17(24)23-14-4-2-3-5-15(14)28-19(20,21)22/h2-9H,10H2,1H3,(H,23,24). The van der Waals surface area contributed by atoms with Gasteiger partial charge in [-0.15, -0.1) is 13.2 Å². The molecule has 9 heteroatoms. The van der Waals surface area contributed by atoms with Crippen molar-refractivity contribution in [3.05, 3.63) is 64.5 Å². The molecule has 0 aliphatic rings.